The Labute approximate surface area is 141 Å². The molecule has 1 aliphatic heterocycles. The van der Waals surface area contributed by atoms with Crippen LogP contribution in [-0.2, 0) is 6.18 Å². The highest BCUT2D eigenvalue weighted by molar-refractivity contribution is 6.35. The van der Waals surface area contributed by atoms with Gasteiger partial charge in [0.05, 0.1) is 27.5 Å². The molecule has 0 fully saturated rings. The lowest BCUT2D eigenvalue weighted by Crippen LogP contribution is -2.26. The minimum atomic E-state index is -4.54. The summed E-state index contributed by atoms with van der Waals surface area (Å²) in [4.78, 5) is 19.7. The maximum absolute atomic E-state index is 13.2. The summed E-state index contributed by atoms with van der Waals surface area (Å²) in [5, 5.41) is -0.137. The Hall–Kier alpha value is -2.28. The monoisotopic (exact) mass is 355 g/mol. The van der Waals surface area contributed by atoms with E-state index in [0.717, 1.165) is 12.1 Å². The Morgan fingerprint density at radius 3 is 2.62 bits per heavy atom. The van der Waals surface area contributed by atoms with Crippen LogP contribution in [0, 0.1) is 0 Å². The fourth-order valence-electron chi connectivity index (χ4n) is 2.78. The molecule has 1 amide bonds. The summed E-state index contributed by atoms with van der Waals surface area (Å²) < 4.78 is 39.5. The quantitative estimate of drug-likeness (QED) is 0.755. The van der Waals surface area contributed by atoms with Crippen LogP contribution >= 0.6 is 11.6 Å². The molecule has 0 radical (unpaired) electrons. The van der Waals surface area contributed by atoms with Crippen molar-refractivity contribution in [2.45, 2.75) is 13.1 Å². The second-order valence-corrected chi connectivity index (χ2v) is 5.71. The van der Waals surface area contributed by atoms with E-state index in [1.165, 1.54) is 18.1 Å². The second kappa shape index (κ2) is 5.66. The second-order valence-electron chi connectivity index (χ2n) is 5.31. The third-order valence-electron chi connectivity index (χ3n) is 3.89. The fraction of sp³-hybridized carbons (Fsp3) is 0.250. The van der Waals surface area contributed by atoms with Crippen molar-refractivity contribution in [3.8, 4) is 0 Å². The molecule has 1 aromatic heterocycles. The molecule has 4 nitrogen and oxygen atoms in total. The van der Waals surface area contributed by atoms with Gasteiger partial charge in [0.15, 0.2) is 0 Å². The fourth-order valence-corrected chi connectivity index (χ4v) is 3.12. The molecule has 2 aromatic rings. The van der Waals surface area contributed by atoms with E-state index in [4.69, 9.17) is 11.6 Å². The number of hydrogen-bond donors (Lipinski definition) is 0. The van der Waals surface area contributed by atoms with Crippen LogP contribution in [0.15, 0.2) is 30.5 Å². The van der Waals surface area contributed by atoms with Gasteiger partial charge in [-0.2, -0.15) is 13.2 Å². The Kier molecular flexibility index (Phi) is 3.91. The third kappa shape index (κ3) is 2.49. The molecule has 0 unspecified atom stereocenters. The van der Waals surface area contributed by atoms with E-state index < -0.39 is 11.7 Å². The average Bonchev–Trinajstić information content (AvgIpc) is 2.61. The average molecular weight is 356 g/mol. The molecule has 1 aliphatic rings. The van der Waals surface area contributed by atoms with E-state index in [2.05, 4.69) is 4.98 Å². The highest BCUT2D eigenvalue weighted by atomic mass is 35.5. The Morgan fingerprint density at radius 1 is 1.29 bits per heavy atom. The van der Waals surface area contributed by atoms with Crippen LogP contribution in [0.25, 0.3) is 0 Å². The van der Waals surface area contributed by atoms with E-state index in [9.17, 15) is 18.0 Å². The molecule has 0 saturated carbocycles. The number of carbonyl (C=O) groups is 1. The topological polar surface area (TPSA) is 36.4 Å². The number of hydrogen-bond acceptors (Lipinski definition) is 3. The first-order valence-corrected chi connectivity index (χ1v) is 7.54. The molecular formula is C16H13ClF3N3O. The molecule has 0 atom stereocenters. The SMILES string of the molecule is CCN1c2cc(C(F)(F)F)cc(Cl)c2N(C)C(=O)c2cccnc21. The first-order chi connectivity index (χ1) is 11.3. The van der Waals surface area contributed by atoms with Gasteiger partial charge >= 0.3 is 6.18 Å². The Balaban J connectivity index is 2.35. The maximum atomic E-state index is 13.2. The number of fused-ring (bicyclic) bond motifs is 2. The zero-order valence-corrected chi connectivity index (χ0v) is 13.6. The number of benzene rings is 1. The molecule has 0 bridgehead atoms. The van der Waals surface area contributed by atoms with Gasteiger partial charge in [-0.1, -0.05) is 11.6 Å². The smallest absolute Gasteiger partial charge is 0.324 e. The van der Waals surface area contributed by atoms with Crippen molar-refractivity contribution >= 4 is 34.7 Å². The van der Waals surface area contributed by atoms with E-state index >= 15 is 0 Å². The third-order valence-corrected chi connectivity index (χ3v) is 4.18. The Bertz CT molecular complexity index is 823. The zero-order valence-electron chi connectivity index (χ0n) is 12.9. The number of rotatable bonds is 1. The first kappa shape index (κ1) is 16.6. The van der Waals surface area contributed by atoms with Crippen molar-refractivity contribution in [2.24, 2.45) is 0 Å². The predicted molar refractivity (Wildman–Crippen MR) is 86.1 cm³/mol. The van der Waals surface area contributed by atoms with Crippen molar-refractivity contribution in [3.63, 3.8) is 0 Å². The highest BCUT2D eigenvalue weighted by Crippen LogP contribution is 2.46. The summed E-state index contributed by atoms with van der Waals surface area (Å²) in [6.45, 7) is 2.10. The minimum Gasteiger partial charge on any atom is -0.324 e. The van der Waals surface area contributed by atoms with Gasteiger partial charge in [-0.15, -0.1) is 0 Å². The summed E-state index contributed by atoms with van der Waals surface area (Å²) in [6.07, 6.45) is -3.05. The van der Waals surface area contributed by atoms with Crippen molar-refractivity contribution < 1.29 is 18.0 Å². The van der Waals surface area contributed by atoms with Gasteiger partial charge in [-0.05, 0) is 31.2 Å². The van der Waals surface area contributed by atoms with Gasteiger partial charge in [0.2, 0.25) is 0 Å². The lowest BCUT2D eigenvalue weighted by atomic mass is 10.1. The number of carbonyl (C=O) groups excluding carboxylic acids is 1. The van der Waals surface area contributed by atoms with Crippen molar-refractivity contribution in [3.05, 3.63) is 46.6 Å². The minimum absolute atomic E-state index is 0.137. The lowest BCUT2D eigenvalue weighted by molar-refractivity contribution is -0.137. The molecule has 0 spiro atoms. The maximum Gasteiger partial charge on any atom is 0.416 e. The van der Waals surface area contributed by atoms with Crippen molar-refractivity contribution in [1.29, 1.82) is 0 Å². The lowest BCUT2D eigenvalue weighted by Gasteiger charge is -2.26. The number of anilines is 3. The van der Waals surface area contributed by atoms with Gasteiger partial charge in [-0.3, -0.25) is 4.79 Å². The van der Waals surface area contributed by atoms with E-state index in [-0.39, 0.29) is 22.3 Å². The van der Waals surface area contributed by atoms with Crippen LogP contribution < -0.4 is 9.80 Å². The predicted octanol–water partition coefficient (Wildman–Crippen LogP) is 4.50. The summed E-state index contributed by atoms with van der Waals surface area (Å²) in [5.74, 6) is -0.0667. The van der Waals surface area contributed by atoms with E-state index in [1.807, 2.05) is 0 Å². The van der Waals surface area contributed by atoms with E-state index in [0.29, 0.717) is 17.9 Å². The summed E-state index contributed by atoms with van der Waals surface area (Å²) >= 11 is 6.11. The molecule has 0 N–H and O–H groups in total. The molecule has 24 heavy (non-hydrogen) atoms. The van der Waals surface area contributed by atoms with Crippen LogP contribution in [0.5, 0.6) is 0 Å². The van der Waals surface area contributed by atoms with Crippen LogP contribution in [0.2, 0.25) is 5.02 Å². The molecule has 1 aromatic carbocycles. The number of amides is 1. The van der Waals surface area contributed by atoms with Gasteiger partial charge in [0, 0.05) is 19.8 Å². The van der Waals surface area contributed by atoms with Gasteiger partial charge < -0.3 is 9.80 Å². The number of pyridine rings is 1. The summed E-state index contributed by atoms with van der Waals surface area (Å²) in [5.41, 5.74) is -0.132. The Morgan fingerprint density at radius 2 is 2.00 bits per heavy atom. The van der Waals surface area contributed by atoms with Gasteiger partial charge in [-0.25, -0.2) is 4.98 Å². The van der Waals surface area contributed by atoms with Crippen LogP contribution in [0.1, 0.15) is 22.8 Å². The van der Waals surface area contributed by atoms with E-state index in [1.54, 1.807) is 24.0 Å². The van der Waals surface area contributed by atoms with Gasteiger partial charge in [0.25, 0.3) is 5.91 Å². The zero-order chi connectivity index (χ0) is 17.6. The summed E-state index contributed by atoms with van der Waals surface area (Å²) in [7, 11) is 1.48. The molecule has 126 valence electrons. The molecule has 0 aliphatic carbocycles. The largest absolute Gasteiger partial charge is 0.416 e. The van der Waals surface area contributed by atoms with Crippen LogP contribution in [0.4, 0.5) is 30.4 Å². The number of alkyl halides is 3. The molecule has 2 heterocycles. The first-order valence-electron chi connectivity index (χ1n) is 7.17. The van der Waals surface area contributed by atoms with Crippen LogP contribution in [0.3, 0.4) is 0 Å². The number of halogens is 4. The molecular weight excluding hydrogens is 343 g/mol. The van der Waals surface area contributed by atoms with Crippen molar-refractivity contribution in [2.75, 3.05) is 23.4 Å². The molecule has 8 heteroatoms. The number of aromatic nitrogens is 1. The normalized spacial score (nSPS) is 14.3. The highest BCUT2D eigenvalue weighted by Gasteiger charge is 2.36. The van der Waals surface area contributed by atoms with Crippen molar-refractivity contribution in [1.82, 2.24) is 4.98 Å². The standard InChI is InChI=1S/C16H13ClF3N3O/c1-3-23-12-8-9(16(18,19)20)7-11(17)13(12)22(2)15(24)10-5-4-6-21-14(10)23/h4-8H,3H2,1-2H3. The molecule has 0 saturated heterocycles. The molecule has 3 rings (SSSR count). The van der Waals surface area contributed by atoms with Gasteiger partial charge in [0.1, 0.15) is 5.82 Å². The summed E-state index contributed by atoms with van der Waals surface area (Å²) in [6, 6.07) is 5.03. The number of nitrogens with zero attached hydrogens (tertiary/aromatic N) is 3. The van der Waals surface area contributed by atoms with Crippen LogP contribution in [-0.4, -0.2) is 24.5 Å².